The molecule has 1 saturated heterocycles. The number of benzene rings is 1. The van der Waals surface area contributed by atoms with Crippen LogP contribution < -0.4 is 10.5 Å². The van der Waals surface area contributed by atoms with E-state index >= 15 is 0 Å². The molecule has 0 aliphatic carbocycles. The Kier molecular flexibility index (Phi) is 5.85. The first-order chi connectivity index (χ1) is 12.6. The molecule has 0 bridgehead atoms. The Hall–Kier alpha value is -2.45. The normalized spacial score (nSPS) is 16.9. The molecule has 2 N–H and O–H groups in total. The average molecular weight is 359 g/mol. The quantitative estimate of drug-likeness (QED) is 0.746. The number of nitrogens with zero attached hydrogens (tertiary/aromatic N) is 4. The van der Waals surface area contributed by atoms with Crippen molar-refractivity contribution >= 4 is 5.91 Å². The second-order valence-electron chi connectivity index (χ2n) is 6.29. The van der Waals surface area contributed by atoms with Crippen LogP contribution in [-0.4, -0.2) is 65.3 Å². The van der Waals surface area contributed by atoms with Crippen molar-refractivity contribution < 1.29 is 14.3 Å². The van der Waals surface area contributed by atoms with Gasteiger partial charge in [-0.1, -0.05) is 0 Å². The number of rotatable bonds is 7. The Morgan fingerprint density at radius 3 is 2.73 bits per heavy atom. The molecular weight excluding hydrogens is 334 g/mol. The summed E-state index contributed by atoms with van der Waals surface area (Å²) < 4.78 is 10.5. The van der Waals surface area contributed by atoms with E-state index in [0.717, 1.165) is 30.8 Å². The summed E-state index contributed by atoms with van der Waals surface area (Å²) in [6, 6.07) is 7.49. The molecule has 3 rings (SSSR count). The highest BCUT2D eigenvalue weighted by Crippen LogP contribution is 2.20. The lowest BCUT2D eigenvalue weighted by Crippen LogP contribution is -2.40. The van der Waals surface area contributed by atoms with Gasteiger partial charge < -0.3 is 20.1 Å². The molecule has 8 heteroatoms. The predicted octanol–water partition coefficient (Wildman–Crippen LogP) is 1.16. The van der Waals surface area contributed by atoms with Crippen molar-refractivity contribution in [2.75, 3.05) is 33.4 Å². The number of hydrogen-bond donors (Lipinski definition) is 1. The number of carbonyl (C=O) groups is 1. The van der Waals surface area contributed by atoms with Crippen LogP contribution in [0.1, 0.15) is 29.0 Å². The molecule has 1 aromatic heterocycles. The largest absolute Gasteiger partial charge is 0.491 e. The van der Waals surface area contributed by atoms with Crippen molar-refractivity contribution in [2.45, 2.75) is 25.8 Å². The molecule has 1 fully saturated rings. The molecule has 0 radical (unpaired) electrons. The minimum atomic E-state index is -0.0961. The summed E-state index contributed by atoms with van der Waals surface area (Å²) in [4.78, 5) is 16.1. The van der Waals surface area contributed by atoms with Crippen LogP contribution in [0.25, 0.3) is 5.69 Å². The van der Waals surface area contributed by atoms with E-state index in [1.165, 1.54) is 4.80 Å². The first-order valence-electron chi connectivity index (χ1n) is 8.81. The number of amides is 1. The van der Waals surface area contributed by atoms with Crippen LogP contribution in [0, 0.1) is 6.92 Å². The fourth-order valence-electron chi connectivity index (χ4n) is 3.09. The average Bonchev–Trinajstić information content (AvgIpc) is 3.28. The number of aromatic nitrogens is 3. The maximum atomic E-state index is 12.8. The highest BCUT2D eigenvalue weighted by molar-refractivity contribution is 5.93. The summed E-state index contributed by atoms with van der Waals surface area (Å²) in [5.74, 6) is 0.648. The van der Waals surface area contributed by atoms with Gasteiger partial charge in [-0.2, -0.15) is 9.90 Å². The number of methoxy groups -OCH3 is 1. The van der Waals surface area contributed by atoms with Gasteiger partial charge in [0.05, 0.1) is 18.0 Å². The number of likely N-dealkylation sites (tertiary alicyclic amines) is 1. The Labute approximate surface area is 152 Å². The third kappa shape index (κ3) is 3.86. The van der Waals surface area contributed by atoms with Gasteiger partial charge in [-0.05, 0) is 44.0 Å². The highest BCUT2D eigenvalue weighted by atomic mass is 16.5. The summed E-state index contributed by atoms with van der Waals surface area (Å²) in [6.45, 7) is 4.02. The van der Waals surface area contributed by atoms with Gasteiger partial charge in [0, 0.05) is 26.2 Å². The molecule has 8 nitrogen and oxygen atoms in total. The fraction of sp³-hybridized carbons (Fsp3) is 0.500. The molecule has 26 heavy (non-hydrogen) atoms. The van der Waals surface area contributed by atoms with Crippen molar-refractivity contribution in [3.63, 3.8) is 0 Å². The molecule has 2 aromatic rings. The second-order valence-corrected chi connectivity index (χ2v) is 6.29. The van der Waals surface area contributed by atoms with Crippen LogP contribution in [0.2, 0.25) is 0 Å². The van der Waals surface area contributed by atoms with Crippen molar-refractivity contribution in [1.82, 2.24) is 19.9 Å². The molecule has 1 atom stereocenters. The van der Waals surface area contributed by atoms with Crippen molar-refractivity contribution in [3.8, 4) is 11.4 Å². The Bertz CT molecular complexity index is 744. The molecule has 2 heterocycles. The predicted molar refractivity (Wildman–Crippen MR) is 96.6 cm³/mol. The van der Waals surface area contributed by atoms with E-state index in [-0.39, 0.29) is 11.9 Å². The number of ether oxygens (including phenoxy) is 2. The van der Waals surface area contributed by atoms with Crippen molar-refractivity contribution in [2.24, 2.45) is 5.73 Å². The van der Waals surface area contributed by atoms with E-state index in [0.29, 0.717) is 31.1 Å². The molecule has 0 spiro atoms. The molecule has 0 saturated carbocycles. The van der Waals surface area contributed by atoms with Crippen molar-refractivity contribution in [1.29, 1.82) is 0 Å². The van der Waals surface area contributed by atoms with Gasteiger partial charge in [0.25, 0.3) is 5.91 Å². The Balaban J connectivity index is 1.74. The van der Waals surface area contributed by atoms with Gasteiger partial charge in [0.2, 0.25) is 0 Å². The van der Waals surface area contributed by atoms with Gasteiger partial charge >= 0.3 is 0 Å². The Morgan fingerprint density at radius 1 is 1.27 bits per heavy atom. The van der Waals surface area contributed by atoms with Crippen LogP contribution in [0.3, 0.4) is 0 Å². The summed E-state index contributed by atoms with van der Waals surface area (Å²) in [7, 11) is 1.63. The SMILES string of the molecule is COCCOc1ccc(-n2nc(C)c(C(=O)N3CCCC3CN)n2)cc1. The zero-order valence-corrected chi connectivity index (χ0v) is 15.2. The molecule has 1 amide bonds. The van der Waals surface area contributed by atoms with Gasteiger partial charge in [0.1, 0.15) is 12.4 Å². The van der Waals surface area contributed by atoms with E-state index < -0.39 is 0 Å². The van der Waals surface area contributed by atoms with Crippen LogP contribution >= 0.6 is 0 Å². The van der Waals surface area contributed by atoms with E-state index in [1.807, 2.05) is 29.2 Å². The smallest absolute Gasteiger partial charge is 0.276 e. The monoisotopic (exact) mass is 359 g/mol. The zero-order chi connectivity index (χ0) is 18.5. The second kappa shape index (κ2) is 8.29. The summed E-state index contributed by atoms with van der Waals surface area (Å²) in [5.41, 5.74) is 7.53. The van der Waals surface area contributed by atoms with Crippen molar-refractivity contribution in [3.05, 3.63) is 35.7 Å². The lowest BCUT2D eigenvalue weighted by molar-refractivity contribution is 0.0734. The number of aryl methyl sites for hydroxylation is 1. The van der Waals surface area contributed by atoms with Crippen LogP contribution in [0.4, 0.5) is 0 Å². The molecular formula is C18H25N5O3. The van der Waals surface area contributed by atoms with E-state index in [4.69, 9.17) is 15.2 Å². The maximum absolute atomic E-state index is 12.8. The van der Waals surface area contributed by atoms with E-state index in [1.54, 1.807) is 14.0 Å². The lowest BCUT2D eigenvalue weighted by Gasteiger charge is -2.22. The third-order valence-corrected chi connectivity index (χ3v) is 4.52. The summed E-state index contributed by atoms with van der Waals surface area (Å²) in [5, 5.41) is 8.81. The van der Waals surface area contributed by atoms with E-state index in [2.05, 4.69) is 10.2 Å². The fourth-order valence-corrected chi connectivity index (χ4v) is 3.09. The molecule has 1 unspecified atom stereocenters. The summed E-state index contributed by atoms with van der Waals surface area (Å²) >= 11 is 0. The maximum Gasteiger partial charge on any atom is 0.276 e. The minimum Gasteiger partial charge on any atom is -0.491 e. The van der Waals surface area contributed by atoms with Gasteiger partial charge in [-0.15, -0.1) is 5.10 Å². The zero-order valence-electron chi connectivity index (χ0n) is 15.2. The van der Waals surface area contributed by atoms with Crippen LogP contribution in [0.15, 0.2) is 24.3 Å². The standard InChI is InChI=1S/C18H25N5O3/c1-13-17(18(24)22-9-3-4-15(22)12-19)21-23(20-13)14-5-7-16(8-6-14)26-11-10-25-2/h5-8,15H,3-4,9-12,19H2,1-2H3. The molecule has 1 aliphatic rings. The molecule has 140 valence electrons. The number of carbonyl (C=O) groups excluding carboxylic acids is 1. The van der Waals surface area contributed by atoms with Gasteiger partial charge in [-0.3, -0.25) is 4.79 Å². The highest BCUT2D eigenvalue weighted by Gasteiger charge is 2.31. The van der Waals surface area contributed by atoms with Crippen LogP contribution in [-0.2, 0) is 4.74 Å². The number of hydrogen-bond acceptors (Lipinski definition) is 6. The lowest BCUT2D eigenvalue weighted by atomic mass is 10.2. The molecule has 1 aromatic carbocycles. The minimum absolute atomic E-state index is 0.0931. The van der Waals surface area contributed by atoms with Crippen LogP contribution in [0.5, 0.6) is 5.75 Å². The van der Waals surface area contributed by atoms with Gasteiger partial charge in [0.15, 0.2) is 5.69 Å². The first-order valence-corrected chi connectivity index (χ1v) is 8.81. The number of nitrogens with two attached hydrogens (primary N) is 1. The first kappa shape index (κ1) is 18.3. The molecule has 1 aliphatic heterocycles. The van der Waals surface area contributed by atoms with Gasteiger partial charge in [-0.25, -0.2) is 0 Å². The summed E-state index contributed by atoms with van der Waals surface area (Å²) in [6.07, 6.45) is 1.92. The Morgan fingerprint density at radius 2 is 2.04 bits per heavy atom. The third-order valence-electron chi connectivity index (χ3n) is 4.52. The van der Waals surface area contributed by atoms with E-state index in [9.17, 15) is 4.79 Å². The topological polar surface area (TPSA) is 95.5 Å².